The molecule has 2 aromatic rings. The predicted molar refractivity (Wildman–Crippen MR) is 85.9 cm³/mol. The van der Waals surface area contributed by atoms with E-state index in [0.717, 1.165) is 16.0 Å². The lowest BCUT2D eigenvalue weighted by Crippen LogP contribution is -2.22. The molecule has 0 amide bonds. The molecule has 1 unspecified atom stereocenters. The van der Waals surface area contributed by atoms with Gasteiger partial charge in [-0.2, -0.15) is 0 Å². The normalized spacial score (nSPS) is 12.4. The predicted octanol–water partition coefficient (Wildman–Crippen LogP) is 5.11. The van der Waals surface area contributed by atoms with Crippen molar-refractivity contribution in [1.29, 1.82) is 0 Å². The number of nitrogens with one attached hydrogen (secondary N) is 1. The Hall–Kier alpha value is -0.830. The Bertz CT molecular complexity index is 551. The van der Waals surface area contributed by atoms with Gasteiger partial charge in [0.25, 0.3) is 0 Å². The SMILES string of the molecule is CCNC(c1ccc(Cl)cc1)c1ccc(Br)cc1C. The average molecular weight is 339 g/mol. The lowest BCUT2D eigenvalue weighted by Gasteiger charge is -2.21. The second kappa shape index (κ2) is 6.56. The summed E-state index contributed by atoms with van der Waals surface area (Å²) in [5, 5.41) is 4.31. The van der Waals surface area contributed by atoms with Crippen LogP contribution in [-0.2, 0) is 0 Å². The Kier molecular flexibility index (Phi) is 5.03. The highest BCUT2D eigenvalue weighted by molar-refractivity contribution is 9.10. The van der Waals surface area contributed by atoms with E-state index in [1.54, 1.807) is 0 Å². The smallest absolute Gasteiger partial charge is 0.0579 e. The van der Waals surface area contributed by atoms with Gasteiger partial charge in [-0.25, -0.2) is 0 Å². The number of hydrogen-bond acceptors (Lipinski definition) is 1. The number of aryl methyl sites for hydroxylation is 1. The van der Waals surface area contributed by atoms with Crippen LogP contribution in [0.1, 0.15) is 29.7 Å². The second-order valence-electron chi connectivity index (χ2n) is 4.54. The molecule has 0 aliphatic rings. The van der Waals surface area contributed by atoms with E-state index in [1.807, 2.05) is 12.1 Å². The molecule has 19 heavy (non-hydrogen) atoms. The molecule has 0 spiro atoms. The van der Waals surface area contributed by atoms with Crippen LogP contribution in [0.15, 0.2) is 46.9 Å². The maximum atomic E-state index is 5.96. The molecule has 0 aromatic heterocycles. The summed E-state index contributed by atoms with van der Waals surface area (Å²) in [5.74, 6) is 0. The zero-order valence-corrected chi connectivity index (χ0v) is 13.4. The van der Waals surface area contributed by atoms with Crippen molar-refractivity contribution in [2.24, 2.45) is 0 Å². The van der Waals surface area contributed by atoms with Crippen molar-refractivity contribution in [2.45, 2.75) is 19.9 Å². The van der Waals surface area contributed by atoms with Gasteiger partial charge in [-0.3, -0.25) is 0 Å². The summed E-state index contributed by atoms with van der Waals surface area (Å²) in [6.07, 6.45) is 0. The molecule has 3 heteroatoms. The van der Waals surface area contributed by atoms with Gasteiger partial charge in [0.15, 0.2) is 0 Å². The van der Waals surface area contributed by atoms with Crippen LogP contribution in [0.2, 0.25) is 5.02 Å². The molecule has 2 aromatic carbocycles. The van der Waals surface area contributed by atoms with E-state index in [9.17, 15) is 0 Å². The van der Waals surface area contributed by atoms with Crippen molar-refractivity contribution in [3.63, 3.8) is 0 Å². The summed E-state index contributed by atoms with van der Waals surface area (Å²) in [6, 6.07) is 14.6. The van der Waals surface area contributed by atoms with Gasteiger partial charge in [-0.05, 0) is 54.4 Å². The van der Waals surface area contributed by atoms with Gasteiger partial charge in [-0.15, -0.1) is 0 Å². The van der Waals surface area contributed by atoms with E-state index in [-0.39, 0.29) is 6.04 Å². The minimum absolute atomic E-state index is 0.204. The van der Waals surface area contributed by atoms with Gasteiger partial charge >= 0.3 is 0 Å². The minimum Gasteiger partial charge on any atom is -0.307 e. The number of rotatable bonds is 4. The van der Waals surface area contributed by atoms with Crippen LogP contribution in [0.4, 0.5) is 0 Å². The van der Waals surface area contributed by atoms with Crippen molar-refractivity contribution >= 4 is 27.5 Å². The Morgan fingerprint density at radius 1 is 1.16 bits per heavy atom. The molecule has 0 aliphatic heterocycles. The van der Waals surface area contributed by atoms with Crippen LogP contribution >= 0.6 is 27.5 Å². The number of hydrogen-bond donors (Lipinski definition) is 1. The first-order valence-electron chi connectivity index (χ1n) is 6.36. The lowest BCUT2D eigenvalue weighted by atomic mass is 9.95. The highest BCUT2D eigenvalue weighted by Crippen LogP contribution is 2.27. The largest absolute Gasteiger partial charge is 0.307 e. The van der Waals surface area contributed by atoms with Gasteiger partial charge in [-0.1, -0.05) is 52.7 Å². The zero-order chi connectivity index (χ0) is 13.8. The summed E-state index contributed by atoms with van der Waals surface area (Å²) in [5.41, 5.74) is 3.80. The van der Waals surface area contributed by atoms with E-state index < -0.39 is 0 Å². The van der Waals surface area contributed by atoms with Gasteiger partial charge in [0, 0.05) is 9.50 Å². The average Bonchev–Trinajstić information content (AvgIpc) is 2.38. The van der Waals surface area contributed by atoms with Gasteiger partial charge < -0.3 is 5.32 Å². The summed E-state index contributed by atoms with van der Waals surface area (Å²) >= 11 is 9.48. The van der Waals surface area contributed by atoms with Crippen LogP contribution in [0, 0.1) is 6.92 Å². The monoisotopic (exact) mass is 337 g/mol. The summed E-state index contributed by atoms with van der Waals surface area (Å²) in [4.78, 5) is 0. The fourth-order valence-corrected chi connectivity index (χ4v) is 2.83. The molecule has 0 bridgehead atoms. The van der Waals surface area contributed by atoms with E-state index >= 15 is 0 Å². The van der Waals surface area contributed by atoms with Crippen LogP contribution < -0.4 is 5.32 Å². The minimum atomic E-state index is 0.204. The van der Waals surface area contributed by atoms with Crippen LogP contribution in [0.25, 0.3) is 0 Å². The third-order valence-electron chi connectivity index (χ3n) is 3.15. The third-order valence-corrected chi connectivity index (χ3v) is 3.90. The third kappa shape index (κ3) is 3.59. The van der Waals surface area contributed by atoms with E-state index in [0.29, 0.717) is 0 Å². The maximum Gasteiger partial charge on any atom is 0.0579 e. The quantitative estimate of drug-likeness (QED) is 0.817. The maximum absolute atomic E-state index is 5.96. The molecule has 2 rings (SSSR count). The van der Waals surface area contributed by atoms with E-state index in [2.05, 4.69) is 65.4 Å². The summed E-state index contributed by atoms with van der Waals surface area (Å²) in [6.45, 7) is 5.18. The van der Waals surface area contributed by atoms with Crippen molar-refractivity contribution in [3.8, 4) is 0 Å². The van der Waals surface area contributed by atoms with Crippen LogP contribution in [-0.4, -0.2) is 6.54 Å². The molecule has 0 fully saturated rings. The standard InChI is InChI=1S/C16H17BrClN/c1-3-19-16(12-4-7-14(18)8-5-12)15-9-6-13(17)10-11(15)2/h4-10,16,19H,3H2,1-2H3. The fourth-order valence-electron chi connectivity index (χ4n) is 2.23. The Morgan fingerprint density at radius 2 is 1.84 bits per heavy atom. The van der Waals surface area contributed by atoms with Crippen molar-refractivity contribution in [1.82, 2.24) is 5.32 Å². The molecule has 0 aliphatic carbocycles. The highest BCUT2D eigenvalue weighted by atomic mass is 79.9. The lowest BCUT2D eigenvalue weighted by molar-refractivity contribution is 0.627. The Labute approximate surface area is 128 Å². The molecule has 0 saturated heterocycles. The van der Waals surface area contributed by atoms with Gasteiger partial charge in [0.05, 0.1) is 6.04 Å². The van der Waals surface area contributed by atoms with E-state index in [1.165, 1.54) is 16.7 Å². The van der Waals surface area contributed by atoms with E-state index in [4.69, 9.17) is 11.6 Å². The van der Waals surface area contributed by atoms with Gasteiger partial charge in [0.1, 0.15) is 0 Å². The molecule has 0 heterocycles. The molecule has 100 valence electrons. The highest BCUT2D eigenvalue weighted by Gasteiger charge is 2.15. The van der Waals surface area contributed by atoms with Crippen LogP contribution in [0.5, 0.6) is 0 Å². The van der Waals surface area contributed by atoms with Crippen LogP contribution in [0.3, 0.4) is 0 Å². The number of benzene rings is 2. The zero-order valence-electron chi connectivity index (χ0n) is 11.1. The van der Waals surface area contributed by atoms with Crippen molar-refractivity contribution in [3.05, 3.63) is 68.7 Å². The molecular weight excluding hydrogens is 322 g/mol. The molecule has 0 saturated carbocycles. The Morgan fingerprint density at radius 3 is 2.42 bits per heavy atom. The molecule has 1 nitrogen and oxygen atoms in total. The first-order chi connectivity index (χ1) is 9.11. The summed E-state index contributed by atoms with van der Waals surface area (Å²) in [7, 11) is 0. The first kappa shape index (κ1) is 14.6. The van der Waals surface area contributed by atoms with Crippen molar-refractivity contribution < 1.29 is 0 Å². The molecule has 0 radical (unpaired) electrons. The topological polar surface area (TPSA) is 12.0 Å². The summed E-state index contributed by atoms with van der Waals surface area (Å²) < 4.78 is 1.11. The Balaban J connectivity index is 2.41. The molecule has 1 N–H and O–H groups in total. The second-order valence-corrected chi connectivity index (χ2v) is 5.90. The fraction of sp³-hybridized carbons (Fsp3) is 0.250. The molecular formula is C16H17BrClN. The number of halogens is 2. The molecule has 1 atom stereocenters. The first-order valence-corrected chi connectivity index (χ1v) is 7.54. The van der Waals surface area contributed by atoms with Crippen molar-refractivity contribution in [2.75, 3.05) is 6.54 Å². The van der Waals surface area contributed by atoms with Gasteiger partial charge in [0.2, 0.25) is 0 Å².